The molecule has 3 aromatic carbocycles. The van der Waals surface area contributed by atoms with Gasteiger partial charge in [-0.15, -0.1) is 0 Å². The first-order valence-electron chi connectivity index (χ1n) is 9.78. The molecule has 0 bridgehead atoms. The van der Waals surface area contributed by atoms with Crippen LogP contribution in [0.25, 0.3) is 0 Å². The molecule has 0 heterocycles. The van der Waals surface area contributed by atoms with E-state index in [1.807, 2.05) is 0 Å². The predicted octanol–water partition coefficient (Wildman–Crippen LogP) is 2.13. The molecule has 0 aliphatic carbocycles. The van der Waals surface area contributed by atoms with Crippen LogP contribution in [0.15, 0.2) is 91.0 Å². The highest BCUT2D eigenvalue weighted by atomic mass is 79.9. The van der Waals surface area contributed by atoms with Crippen LogP contribution in [0, 0.1) is 0 Å². The molecule has 0 unspecified atom stereocenters. The summed E-state index contributed by atoms with van der Waals surface area (Å²) in [6, 6.07) is 33.0. The molecule has 0 saturated carbocycles. The first kappa shape index (κ1) is 22.5. The monoisotopic (exact) mass is 454 g/mol. The van der Waals surface area contributed by atoms with Crippen molar-refractivity contribution in [2.24, 2.45) is 0 Å². The third kappa shape index (κ3) is 5.40. The number of benzene rings is 3. The van der Waals surface area contributed by atoms with Gasteiger partial charge < -0.3 is 21.8 Å². The summed E-state index contributed by atoms with van der Waals surface area (Å²) in [7, 11) is -1.70. The molecule has 0 atom stereocenters. The molecule has 3 heteroatoms. The van der Waals surface area contributed by atoms with Gasteiger partial charge in [0.15, 0.2) is 0 Å². The van der Waals surface area contributed by atoms with Crippen molar-refractivity contribution in [2.45, 2.75) is 32.6 Å². The summed E-state index contributed by atoms with van der Waals surface area (Å²) in [5.74, 6) is 0.297. The van der Waals surface area contributed by atoms with Gasteiger partial charge in [0.1, 0.15) is 29.0 Å². The average molecular weight is 455 g/mol. The van der Waals surface area contributed by atoms with Gasteiger partial charge in [0.05, 0.1) is 6.16 Å². The van der Waals surface area contributed by atoms with E-state index in [9.17, 15) is 4.79 Å². The molecule has 1 nitrogen and oxygen atoms in total. The van der Waals surface area contributed by atoms with Gasteiger partial charge in [-0.05, 0) is 62.6 Å². The largest absolute Gasteiger partial charge is 1.00 e. The number of Topliss-reactive ketones (excluding diaryl/α,β-unsaturated/α-hetero) is 1. The zero-order valence-corrected chi connectivity index (χ0v) is 18.9. The van der Waals surface area contributed by atoms with E-state index in [1.54, 1.807) is 6.92 Å². The second kappa shape index (κ2) is 11.3. The molecule has 0 radical (unpaired) electrons. The van der Waals surface area contributed by atoms with Crippen LogP contribution in [0.1, 0.15) is 32.6 Å². The van der Waals surface area contributed by atoms with Crippen molar-refractivity contribution in [1.29, 1.82) is 0 Å². The first-order valence-corrected chi connectivity index (χ1v) is 11.8. The fourth-order valence-corrected chi connectivity index (χ4v) is 8.19. The Morgan fingerprint density at radius 2 is 1.04 bits per heavy atom. The molecule has 3 rings (SSSR count). The van der Waals surface area contributed by atoms with E-state index in [4.69, 9.17) is 0 Å². The molecule has 0 amide bonds. The second-order valence-corrected chi connectivity index (χ2v) is 10.7. The fraction of sp³-hybridized carbons (Fsp3) is 0.240. The maximum Gasteiger partial charge on any atom is 0.129 e. The molecule has 0 saturated heterocycles. The van der Waals surface area contributed by atoms with Crippen LogP contribution in [0.2, 0.25) is 0 Å². The van der Waals surface area contributed by atoms with Crippen LogP contribution in [-0.2, 0) is 4.79 Å². The van der Waals surface area contributed by atoms with Gasteiger partial charge in [0, 0.05) is 6.42 Å². The van der Waals surface area contributed by atoms with E-state index in [2.05, 4.69) is 91.0 Å². The molecule has 0 aliphatic rings. The van der Waals surface area contributed by atoms with Crippen LogP contribution in [-0.4, -0.2) is 11.9 Å². The van der Waals surface area contributed by atoms with E-state index >= 15 is 0 Å². The number of carbonyl (C=O) groups excluding carboxylic acids is 1. The minimum Gasteiger partial charge on any atom is -1.00 e. The summed E-state index contributed by atoms with van der Waals surface area (Å²) >= 11 is 0. The van der Waals surface area contributed by atoms with Crippen molar-refractivity contribution in [3.8, 4) is 0 Å². The van der Waals surface area contributed by atoms with E-state index in [0.717, 1.165) is 25.4 Å². The Balaban J connectivity index is 0.00000280. The Kier molecular flexibility index (Phi) is 9.09. The highest BCUT2D eigenvalue weighted by Gasteiger charge is 2.44. The summed E-state index contributed by atoms with van der Waals surface area (Å²) in [4.78, 5) is 11.3. The van der Waals surface area contributed by atoms with Crippen LogP contribution >= 0.6 is 7.26 Å². The smallest absolute Gasteiger partial charge is 0.129 e. The highest BCUT2D eigenvalue weighted by Crippen LogP contribution is 2.55. The molecule has 0 N–H and O–H groups in total. The van der Waals surface area contributed by atoms with Gasteiger partial charge >= 0.3 is 0 Å². The van der Waals surface area contributed by atoms with E-state index < -0.39 is 7.26 Å². The molecule has 0 spiro atoms. The number of halogens is 1. The Bertz CT molecular complexity index is 738. The number of carbonyl (C=O) groups is 1. The average Bonchev–Trinajstić information content (AvgIpc) is 2.73. The maximum absolute atomic E-state index is 11.3. The van der Waals surface area contributed by atoms with Gasteiger partial charge in [-0.3, -0.25) is 0 Å². The molecule has 0 aromatic heterocycles. The van der Waals surface area contributed by atoms with Crippen molar-refractivity contribution in [1.82, 2.24) is 0 Å². The van der Waals surface area contributed by atoms with Crippen LogP contribution in [0.5, 0.6) is 0 Å². The maximum atomic E-state index is 11.3. The van der Waals surface area contributed by atoms with Crippen molar-refractivity contribution >= 4 is 29.0 Å². The molecule has 3 aromatic rings. The molecule has 146 valence electrons. The summed E-state index contributed by atoms with van der Waals surface area (Å²) in [6.07, 6.45) is 5.08. The van der Waals surface area contributed by atoms with Gasteiger partial charge in [-0.25, -0.2) is 0 Å². The molecular weight excluding hydrogens is 427 g/mol. The Labute approximate surface area is 180 Å². The standard InChI is InChI=1S/C25H28OP.BrH/c1-22(26)14-6-5-13-21-27(23-15-7-2-8-16-23,24-17-9-3-10-18-24)25-19-11-4-12-20-25;/h2-4,7-12,15-20H,5-6,13-14,21H2,1H3;1H/q+1;/p-1. The lowest BCUT2D eigenvalue weighted by Gasteiger charge is -2.27. The normalized spacial score (nSPS) is 10.9. The number of hydrogen-bond acceptors (Lipinski definition) is 1. The predicted molar refractivity (Wildman–Crippen MR) is 119 cm³/mol. The number of unbranched alkanes of at least 4 members (excludes halogenated alkanes) is 2. The lowest BCUT2D eigenvalue weighted by Crippen LogP contribution is -3.00. The van der Waals surface area contributed by atoms with Crippen molar-refractivity contribution in [2.75, 3.05) is 6.16 Å². The summed E-state index contributed by atoms with van der Waals surface area (Å²) in [5, 5.41) is 4.32. The van der Waals surface area contributed by atoms with Gasteiger partial charge in [-0.2, -0.15) is 0 Å². The summed E-state index contributed by atoms with van der Waals surface area (Å²) < 4.78 is 0. The summed E-state index contributed by atoms with van der Waals surface area (Å²) in [5.41, 5.74) is 0. The van der Waals surface area contributed by atoms with Crippen LogP contribution in [0.4, 0.5) is 0 Å². The SMILES string of the molecule is CC(=O)CCCCC[P+](c1ccccc1)(c1ccccc1)c1ccccc1.[Br-]. The van der Waals surface area contributed by atoms with Gasteiger partial charge in [0.2, 0.25) is 0 Å². The lowest BCUT2D eigenvalue weighted by atomic mass is 10.2. The first-order chi connectivity index (χ1) is 13.2. The Morgan fingerprint density at radius 1 is 0.643 bits per heavy atom. The van der Waals surface area contributed by atoms with E-state index in [1.165, 1.54) is 15.9 Å². The Hall–Kier alpha value is -1.76. The number of hydrogen-bond donors (Lipinski definition) is 0. The van der Waals surface area contributed by atoms with Gasteiger partial charge in [-0.1, -0.05) is 54.6 Å². The zero-order chi connectivity index (χ0) is 19.0. The number of rotatable bonds is 9. The quantitative estimate of drug-likeness (QED) is 0.357. The minimum absolute atomic E-state index is 0. The number of ketones is 1. The van der Waals surface area contributed by atoms with Gasteiger partial charge in [0.25, 0.3) is 0 Å². The third-order valence-corrected chi connectivity index (χ3v) is 9.64. The molecule has 28 heavy (non-hydrogen) atoms. The molecule has 0 fully saturated rings. The second-order valence-electron chi connectivity index (χ2n) is 7.05. The fourth-order valence-electron chi connectivity index (χ4n) is 3.78. The van der Waals surface area contributed by atoms with Crippen molar-refractivity contribution in [3.05, 3.63) is 91.0 Å². The van der Waals surface area contributed by atoms with Crippen LogP contribution in [0.3, 0.4) is 0 Å². The third-order valence-electron chi connectivity index (χ3n) is 5.11. The van der Waals surface area contributed by atoms with E-state index in [0.29, 0.717) is 12.2 Å². The Morgan fingerprint density at radius 3 is 1.39 bits per heavy atom. The topological polar surface area (TPSA) is 17.1 Å². The van der Waals surface area contributed by atoms with Crippen LogP contribution < -0.4 is 32.9 Å². The van der Waals surface area contributed by atoms with Crippen molar-refractivity contribution < 1.29 is 21.8 Å². The summed E-state index contributed by atoms with van der Waals surface area (Å²) in [6.45, 7) is 1.69. The zero-order valence-electron chi connectivity index (χ0n) is 16.4. The molecule has 0 aliphatic heterocycles. The minimum atomic E-state index is -1.70. The van der Waals surface area contributed by atoms with E-state index in [-0.39, 0.29) is 17.0 Å². The molecular formula is C25H28BrOP. The van der Waals surface area contributed by atoms with Crippen molar-refractivity contribution in [3.63, 3.8) is 0 Å². The lowest BCUT2D eigenvalue weighted by molar-refractivity contribution is -0.117. The highest BCUT2D eigenvalue weighted by molar-refractivity contribution is 7.95.